The van der Waals surface area contributed by atoms with Gasteiger partial charge in [0.2, 0.25) is 0 Å². The number of guanidine groups is 1. The van der Waals surface area contributed by atoms with Gasteiger partial charge in [0.05, 0.1) is 12.2 Å². The van der Waals surface area contributed by atoms with Crippen LogP contribution in [0.25, 0.3) is 0 Å². The third-order valence-corrected chi connectivity index (χ3v) is 3.36. The normalized spacial score (nSPS) is 12.1. The zero-order valence-electron chi connectivity index (χ0n) is 14.8. The minimum absolute atomic E-state index is 0.0917. The molecule has 0 atom stereocenters. The van der Waals surface area contributed by atoms with E-state index in [1.54, 1.807) is 14.2 Å². The maximum absolute atomic E-state index is 11.2. The van der Waals surface area contributed by atoms with Crippen molar-refractivity contribution in [2.24, 2.45) is 4.99 Å². The van der Waals surface area contributed by atoms with Crippen molar-refractivity contribution in [1.82, 2.24) is 10.6 Å². The van der Waals surface area contributed by atoms with Crippen LogP contribution in [-0.2, 0) is 14.3 Å². The molecule has 0 amide bonds. The van der Waals surface area contributed by atoms with Crippen LogP contribution in [-0.4, -0.2) is 51.4 Å². The molecule has 22 heavy (non-hydrogen) atoms. The first kappa shape index (κ1) is 20.7. The summed E-state index contributed by atoms with van der Waals surface area (Å²) in [5.41, 5.74) is -0.218. The highest BCUT2D eigenvalue weighted by Crippen LogP contribution is 2.05. The summed E-state index contributed by atoms with van der Waals surface area (Å²) in [6, 6.07) is 0. The van der Waals surface area contributed by atoms with Crippen LogP contribution in [0.15, 0.2) is 4.99 Å². The molecule has 0 spiro atoms. The number of nitrogens with zero attached hydrogens (tertiary/aromatic N) is 1. The van der Waals surface area contributed by atoms with Crippen LogP contribution in [0.3, 0.4) is 0 Å². The second-order valence-electron chi connectivity index (χ2n) is 5.79. The molecule has 6 nitrogen and oxygen atoms in total. The lowest BCUT2D eigenvalue weighted by Crippen LogP contribution is -2.45. The van der Waals surface area contributed by atoms with Crippen molar-refractivity contribution in [3.63, 3.8) is 0 Å². The summed E-state index contributed by atoms with van der Waals surface area (Å²) in [4.78, 5) is 15.3. The van der Waals surface area contributed by atoms with E-state index in [1.807, 2.05) is 20.8 Å². The lowest BCUT2D eigenvalue weighted by atomic mass is 10.1. The van der Waals surface area contributed by atoms with E-state index in [4.69, 9.17) is 9.47 Å². The number of ether oxygens (including phenoxy) is 2. The first-order valence-electron chi connectivity index (χ1n) is 8.10. The van der Waals surface area contributed by atoms with Gasteiger partial charge in [0.1, 0.15) is 0 Å². The summed E-state index contributed by atoms with van der Waals surface area (Å²) >= 11 is 0. The average Bonchev–Trinajstić information content (AvgIpc) is 2.49. The van der Waals surface area contributed by atoms with Gasteiger partial charge in [-0.05, 0) is 33.6 Å². The van der Waals surface area contributed by atoms with Gasteiger partial charge >= 0.3 is 5.97 Å². The van der Waals surface area contributed by atoms with Crippen LogP contribution < -0.4 is 10.6 Å². The molecule has 0 bridgehead atoms. The van der Waals surface area contributed by atoms with Crippen LogP contribution in [0.2, 0.25) is 0 Å². The number of unbranched alkanes of at least 4 members (excludes halogenated alkanes) is 3. The van der Waals surface area contributed by atoms with E-state index in [-0.39, 0.29) is 11.6 Å². The summed E-state index contributed by atoms with van der Waals surface area (Å²) in [5, 5.41) is 6.52. The summed E-state index contributed by atoms with van der Waals surface area (Å²) in [6.45, 7) is 7.91. The van der Waals surface area contributed by atoms with Gasteiger partial charge in [-0.25, -0.2) is 0 Å². The largest absolute Gasteiger partial charge is 0.466 e. The Morgan fingerprint density at radius 1 is 1.14 bits per heavy atom. The number of carbonyl (C=O) groups is 1. The van der Waals surface area contributed by atoms with E-state index in [9.17, 15) is 4.79 Å². The minimum atomic E-state index is -0.218. The molecule has 130 valence electrons. The third-order valence-electron chi connectivity index (χ3n) is 3.36. The van der Waals surface area contributed by atoms with Gasteiger partial charge in [-0.1, -0.05) is 12.8 Å². The van der Waals surface area contributed by atoms with Gasteiger partial charge in [0.25, 0.3) is 0 Å². The predicted molar refractivity (Wildman–Crippen MR) is 90.2 cm³/mol. The molecule has 0 heterocycles. The molecule has 0 aromatic heterocycles. The van der Waals surface area contributed by atoms with Gasteiger partial charge in [0, 0.05) is 33.7 Å². The maximum Gasteiger partial charge on any atom is 0.305 e. The van der Waals surface area contributed by atoms with Crippen LogP contribution in [0.5, 0.6) is 0 Å². The number of hydrogen-bond acceptors (Lipinski definition) is 4. The van der Waals surface area contributed by atoms with Crippen molar-refractivity contribution in [2.75, 3.05) is 33.9 Å². The maximum atomic E-state index is 11.2. The molecule has 0 rings (SSSR count). The van der Waals surface area contributed by atoms with E-state index in [2.05, 4.69) is 15.6 Å². The number of carbonyl (C=O) groups excluding carboxylic acids is 1. The fraction of sp³-hybridized carbons (Fsp3) is 0.875. The topological polar surface area (TPSA) is 72.0 Å². The highest BCUT2D eigenvalue weighted by atomic mass is 16.5. The second kappa shape index (κ2) is 12.3. The Balaban J connectivity index is 3.62. The molecular weight excluding hydrogens is 282 g/mol. The quantitative estimate of drug-likeness (QED) is 0.264. The first-order valence-corrected chi connectivity index (χ1v) is 8.10. The van der Waals surface area contributed by atoms with Gasteiger partial charge in [0.15, 0.2) is 5.96 Å². The minimum Gasteiger partial charge on any atom is -0.466 e. The lowest BCUT2D eigenvalue weighted by Gasteiger charge is -2.24. The Kier molecular flexibility index (Phi) is 11.5. The number of aliphatic imine (C=N–C) groups is 1. The number of nitrogens with one attached hydrogen (secondary N) is 2. The Morgan fingerprint density at radius 3 is 2.41 bits per heavy atom. The highest BCUT2D eigenvalue weighted by molar-refractivity contribution is 5.79. The number of methoxy groups -OCH3 is 1. The van der Waals surface area contributed by atoms with Gasteiger partial charge in [-0.2, -0.15) is 0 Å². The number of esters is 1. The fourth-order valence-electron chi connectivity index (χ4n) is 1.78. The molecule has 0 fully saturated rings. The van der Waals surface area contributed by atoms with E-state index in [0.29, 0.717) is 19.6 Å². The molecule has 0 aliphatic rings. The second-order valence-corrected chi connectivity index (χ2v) is 5.79. The van der Waals surface area contributed by atoms with E-state index in [1.165, 1.54) is 0 Å². The van der Waals surface area contributed by atoms with Crippen molar-refractivity contribution in [1.29, 1.82) is 0 Å². The molecular formula is C16H33N3O3. The van der Waals surface area contributed by atoms with E-state index >= 15 is 0 Å². The lowest BCUT2D eigenvalue weighted by molar-refractivity contribution is -0.143. The average molecular weight is 315 g/mol. The van der Waals surface area contributed by atoms with E-state index < -0.39 is 0 Å². The molecule has 0 radical (unpaired) electrons. The monoisotopic (exact) mass is 315 g/mol. The van der Waals surface area contributed by atoms with Crippen molar-refractivity contribution >= 4 is 11.9 Å². The smallest absolute Gasteiger partial charge is 0.305 e. The molecule has 0 unspecified atom stereocenters. The van der Waals surface area contributed by atoms with Crippen LogP contribution in [0, 0.1) is 0 Å². The third kappa shape index (κ3) is 11.4. The van der Waals surface area contributed by atoms with Gasteiger partial charge < -0.3 is 20.1 Å². The molecule has 0 aliphatic carbocycles. The molecule has 2 N–H and O–H groups in total. The van der Waals surface area contributed by atoms with E-state index in [0.717, 1.165) is 38.2 Å². The predicted octanol–water partition coefficient (Wildman–Crippen LogP) is 2.09. The van der Waals surface area contributed by atoms with Crippen molar-refractivity contribution in [3.05, 3.63) is 0 Å². The van der Waals surface area contributed by atoms with Crippen molar-refractivity contribution in [2.45, 2.75) is 58.5 Å². The van der Waals surface area contributed by atoms with Crippen molar-refractivity contribution in [3.8, 4) is 0 Å². The Bertz CT molecular complexity index is 331. The molecule has 6 heteroatoms. The number of rotatable bonds is 11. The SMILES string of the molecule is CCOC(=O)CCCCCCNC(=NC)NCC(C)(C)OC. The Morgan fingerprint density at radius 2 is 1.82 bits per heavy atom. The van der Waals surface area contributed by atoms with Gasteiger partial charge in [-0.15, -0.1) is 0 Å². The molecule has 0 aliphatic heterocycles. The van der Waals surface area contributed by atoms with Crippen LogP contribution in [0.1, 0.15) is 52.9 Å². The Hall–Kier alpha value is -1.30. The van der Waals surface area contributed by atoms with Crippen molar-refractivity contribution < 1.29 is 14.3 Å². The van der Waals surface area contributed by atoms with Crippen LogP contribution in [0.4, 0.5) is 0 Å². The highest BCUT2D eigenvalue weighted by Gasteiger charge is 2.16. The summed E-state index contributed by atoms with van der Waals surface area (Å²) in [5.74, 6) is 0.697. The zero-order valence-corrected chi connectivity index (χ0v) is 14.8. The molecule has 0 saturated carbocycles. The number of hydrogen-bond donors (Lipinski definition) is 2. The summed E-state index contributed by atoms with van der Waals surface area (Å²) in [6.07, 6.45) is 4.61. The summed E-state index contributed by atoms with van der Waals surface area (Å²) < 4.78 is 10.2. The van der Waals surface area contributed by atoms with Crippen LogP contribution >= 0.6 is 0 Å². The Labute approximate surface area is 135 Å². The van der Waals surface area contributed by atoms with Gasteiger partial charge in [-0.3, -0.25) is 9.79 Å². The summed E-state index contributed by atoms with van der Waals surface area (Å²) in [7, 11) is 3.46. The first-order chi connectivity index (χ1) is 10.4. The fourth-order valence-corrected chi connectivity index (χ4v) is 1.78. The molecule has 0 saturated heterocycles. The standard InChI is InChI=1S/C16H33N3O3/c1-6-22-14(20)11-9-7-8-10-12-18-15(17-4)19-13-16(2,3)21-5/h6-13H2,1-5H3,(H2,17,18,19). The molecule has 0 aromatic carbocycles. The zero-order chi connectivity index (χ0) is 16.8. The molecule has 0 aromatic rings.